The van der Waals surface area contributed by atoms with Crippen LogP contribution in [0.4, 0.5) is 4.79 Å². The Bertz CT molecular complexity index is 812. The number of rotatable bonds is 8. The van der Waals surface area contributed by atoms with Crippen LogP contribution in [0.15, 0.2) is 42.6 Å². The summed E-state index contributed by atoms with van der Waals surface area (Å²) in [5.74, 6) is -4.34. The molecule has 0 saturated heterocycles. The fourth-order valence-corrected chi connectivity index (χ4v) is 2.78. The molecular formula is C23H31NO8. The summed E-state index contributed by atoms with van der Waals surface area (Å²) < 4.78 is 20.0. The van der Waals surface area contributed by atoms with Crippen molar-refractivity contribution < 1.29 is 38.1 Å². The molecule has 0 saturated carbocycles. The lowest BCUT2D eigenvalue weighted by atomic mass is 9.94. The van der Waals surface area contributed by atoms with E-state index in [1.807, 2.05) is 0 Å². The van der Waals surface area contributed by atoms with Crippen molar-refractivity contribution in [3.8, 4) is 0 Å². The first kappa shape index (κ1) is 26.8. The van der Waals surface area contributed by atoms with Crippen molar-refractivity contribution in [3.05, 3.63) is 48.2 Å². The zero-order valence-electron chi connectivity index (χ0n) is 19.5. The predicted molar refractivity (Wildman–Crippen MR) is 115 cm³/mol. The van der Waals surface area contributed by atoms with Crippen LogP contribution < -0.4 is 0 Å². The third-order valence-corrected chi connectivity index (χ3v) is 4.36. The second kappa shape index (κ2) is 12.0. The molecule has 0 unspecified atom stereocenters. The maximum atomic E-state index is 13.2. The van der Waals surface area contributed by atoms with E-state index in [0.29, 0.717) is 5.56 Å². The van der Waals surface area contributed by atoms with Crippen LogP contribution in [0.25, 0.3) is 0 Å². The average Bonchev–Trinajstić information content (AvgIpc) is 2.73. The zero-order valence-corrected chi connectivity index (χ0v) is 19.5. The minimum Gasteiger partial charge on any atom is -0.468 e. The SMILES string of the molecule is COC(=O)C(C(=O)OC)[C@H](C)/C=C/N(C(=O)OC(C)(C)C)C(=O)[C@@H](OC)c1ccccc1. The molecule has 9 nitrogen and oxygen atoms in total. The molecule has 0 spiro atoms. The number of ether oxygens (including phenoxy) is 4. The van der Waals surface area contributed by atoms with Gasteiger partial charge < -0.3 is 18.9 Å². The van der Waals surface area contributed by atoms with Crippen LogP contribution in [0.5, 0.6) is 0 Å². The summed E-state index contributed by atoms with van der Waals surface area (Å²) in [4.78, 5) is 50.9. The summed E-state index contributed by atoms with van der Waals surface area (Å²) in [5, 5.41) is 0. The number of imide groups is 1. The quantitative estimate of drug-likeness (QED) is 0.338. The second-order valence-corrected chi connectivity index (χ2v) is 7.94. The van der Waals surface area contributed by atoms with Gasteiger partial charge in [0.25, 0.3) is 5.91 Å². The van der Waals surface area contributed by atoms with E-state index in [9.17, 15) is 19.2 Å². The Hall–Kier alpha value is -3.20. The number of nitrogens with zero attached hydrogens (tertiary/aromatic N) is 1. The molecule has 0 fully saturated rings. The molecule has 1 rings (SSSR count). The van der Waals surface area contributed by atoms with Crippen molar-refractivity contribution in [1.82, 2.24) is 4.90 Å². The molecule has 0 aromatic heterocycles. The summed E-state index contributed by atoms with van der Waals surface area (Å²) in [5.41, 5.74) is -0.331. The number of allylic oxidation sites excluding steroid dienone is 1. The molecule has 1 aromatic rings. The summed E-state index contributed by atoms with van der Waals surface area (Å²) in [6, 6.07) is 8.64. The van der Waals surface area contributed by atoms with Gasteiger partial charge in [-0.1, -0.05) is 43.3 Å². The van der Waals surface area contributed by atoms with Gasteiger partial charge in [-0.15, -0.1) is 0 Å². The molecule has 0 bridgehead atoms. The smallest absolute Gasteiger partial charge is 0.421 e. The maximum Gasteiger partial charge on any atom is 0.421 e. The predicted octanol–water partition coefficient (Wildman–Crippen LogP) is 3.25. The molecule has 0 heterocycles. The molecular weight excluding hydrogens is 418 g/mol. The lowest BCUT2D eigenvalue weighted by molar-refractivity contribution is -0.160. The largest absolute Gasteiger partial charge is 0.468 e. The van der Waals surface area contributed by atoms with Crippen LogP contribution in [-0.2, 0) is 33.3 Å². The molecule has 0 aliphatic rings. The van der Waals surface area contributed by atoms with Crippen molar-refractivity contribution in [3.63, 3.8) is 0 Å². The maximum absolute atomic E-state index is 13.2. The topological polar surface area (TPSA) is 108 Å². The highest BCUT2D eigenvalue weighted by atomic mass is 16.6. The van der Waals surface area contributed by atoms with E-state index in [1.165, 1.54) is 13.2 Å². The molecule has 32 heavy (non-hydrogen) atoms. The van der Waals surface area contributed by atoms with Crippen molar-refractivity contribution >= 4 is 23.9 Å². The first-order valence-corrected chi connectivity index (χ1v) is 9.94. The van der Waals surface area contributed by atoms with Crippen LogP contribution in [0, 0.1) is 11.8 Å². The van der Waals surface area contributed by atoms with E-state index in [4.69, 9.17) is 9.47 Å². The normalized spacial score (nSPS) is 13.4. The third kappa shape index (κ3) is 7.49. The summed E-state index contributed by atoms with van der Waals surface area (Å²) in [7, 11) is 3.64. The van der Waals surface area contributed by atoms with Gasteiger partial charge in [-0.25, -0.2) is 9.69 Å². The molecule has 0 radical (unpaired) electrons. The number of methoxy groups -OCH3 is 3. The summed E-state index contributed by atoms with van der Waals surface area (Å²) >= 11 is 0. The zero-order chi connectivity index (χ0) is 24.5. The molecule has 1 aromatic carbocycles. The standard InChI is InChI=1S/C23H31NO8/c1-15(17(20(26)30-6)21(27)31-7)13-14-24(22(28)32-23(2,3)4)19(25)18(29-5)16-11-9-8-10-12-16/h8-15,17-18H,1-7H3/b14-13+/t15-,18+/m1/s1. The number of hydrogen-bond donors (Lipinski definition) is 0. The van der Waals surface area contributed by atoms with Crippen LogP contribution in [0.3, 0.4) is 0 Å². The Morgan fingerprint density at radius 1 is 0.938 bits per heavy atom. The molecule has 0 N–H and O–H groups in total. The van der Waals surface area contributed by atoms with Gasteiger partial charge in [0.05, 0.1) is 14.2 Å². The number of carbonyl (C=O) groups excluding carboxylic acids is 4. The van der Waals surface area contributed by atoms with E-state index >= 15 is 0 Å². The van der Waals surface area contributed by atoms with Crippen LogP contribution in [0.1, 0.15) is 39.4 Å². The van der Waals surface area contributed by atoms with Crippen LogP contribution in [0.2, 0.25) is 0 Å². The van der Waals surface area contributed by atoms with E-state index in [0.717, 1.165) is 25.3 Å². The first-order valence-electron chi connectivity index (χ1n) is 9.94. The van der Waals surface area contributed by atoms with Crippen molar-refractivity contribution in [2.75, 3.05) is 21.3 Å². The number of esters is 2. The Morgan fingerprint density at radius 3 is 1.91 bits per heavy atom. The van der Waals surface area contributed by atoms with Crippen molar-refractivity contribution in [2.24, 2.45) is 11.8 Å². The van der Waals surface area contributed by atoms with E-state index in [2.05, 4.69) is 9.47 Å². The van der Waals surface area contributed by atoms with Gasteiger partial charge in [0.15, 0.2) is 12.0 Å². The van der Waals surface area contributed by atoms with Gasteiger partial charge in [0, 0.05) is 13.3 Å². The number of benzene rings is 1. The highest BCUT2D eigenvalue weighted by molar-refractivity contribution is 5.97. The molecule has 2 amide bonds. The Labute approximate surface area is 188 Å². The van der Waals surface area contributed by atoms with E-state index in [-0.39, 0.29) is 0 Å². The highest BCUT2D eigenvalue weighted by Gasteiger charge is 2.35. The molecule has 2 atom stereocenters. The molecule has 0 aliphatic heterocycles. The Kier molecular flexibility index (Phi) is 10.1. The van der Waals surface area contributed by atoms with Crippen molar-refractivity contribution in [1.29, 1.82) is 0 Å². The third-order valence-electron chi connectivity index (χ3n) is 4.36. The van der Waals surface area contributed by atoms with E-state index in [1.54, 1.807) is 58.0 Å². The first-order chi connectivity index (χ1) is 15.0. The fraction of sp³-hybridized carbons (Fsp3) is 0.478. The van der Waals surface area contributed by atoms with Gasteiger partial charge in [0.2, 0.25) is 0 Å². The minimum absolute atomic E-state index is 0.539. The molecule has 0 aliphatic carbocycles. The highest BCUT2D eigenvalue weighted by Crippen LogP contribution is 2.23. The van der Waals surface area contributed by atoms with Gasteiger partial charge in [-0.05, 0) is 32.3 Å². The molecule has 176 valence electrons. The number of carbonyl (C=O) groups is 4. The van der Waals surface area contributed by atoms with Gasteiger partial charge in [-0.2, -0.15) is 0 Å². The Balaban J connectivity index is 3.31. The molecule has 9 heteroatoms. The number of hydrogen-bond acceptors (Lipinski definition) is 8. The Morgan fingerprint density at radius 2 is 1.47 bits per heavy atom. The lowest BCUT2D eigenvalue weighted by Crippen LogP contribution is -2.40. The number of amides is 2. The van der Waals surface area contributed by atoms with Gasteiger partial charge in [0.1, 0.15) is 5.60 Å². The summed E-state index contributed by atoms with van der Waals surface area (Å²) in [6.07, 6.45) is 0.504. The minimum atomic E-state index is -1.27. The van der Waals surface area contributed by atoms with Crippen molar-refractivity contribution in [2.45, 2.75) is 39.4 Å². The van der Waals surface area contributed by atoms with Crippen LogP contribution >= 0.6 is 0 Å². The second-order valence-electron chi connectivity index (χ2n) is 7.94. The fourth-order valence-electron chi connectivity index (χ4n) is 2.78. The van der Waals surface area contributed by atoms with Crippen LogP contribution in [-0.4, -0.2) is 55.8 Å². The average molecular weight is 450 g/mol. The van der Waals surface area contributed by atoms with Gasteiger partial charge >= 0.3 is 18.0 Å². The summed E-state index contributed by atoms with van der Waals surface area (Å²) in [6.45, 7) is 6.54. The monoisotopic (exact) mass is 449 g/mol. The lowest BCUT2D eigenvalue weighted by Gasteiger charge is -2.27. The van der Waals surface area contributed by atoms with E-state index < -0.39 is 47.5 Å². The van der Waals surface area contributed by atoms with Gasteiger partial charge in [-0.3, -0.25) is 14.4 Å².